The zero-order valence-electron chi connectivity index (χ0n) is 19.0. The lowest BCUT2D eigenvalue weighted by molar-refractivity contribution is -0.120. The van der Waals surface area contributed by atoms with Crippen LogP contribution in [0.3, 0.4) is 0 Å². The van der Waals surface area contributed by atoms with E-state index >= 15 is 0 Å². The number of carbonyl (C=O) groups is 1. The van der Waals surface area contributed by atoms with Crippen LogP contribution in [0, 0.1) is 12.8 Å². The van der Waals surface area contributed by atoms with E-state index in [4.69, 9.17) is 4.74 Å². The SMILES string of the molecule is CN=C(NCc1ccc(N2CCNC(=O)C2)cc1)NCc1ccc(C)cc1OCC1CC1. The summed E-state index contributed by atoms with van der Waals surface area (Å²) in [5, 5.41) is 9.62. The Bertz CT molecular complexity index is 953. The van der Waals surface area contributed by atoms with Crippen LogP contribution in [-0.2, 0) is 17.9 Å². The molecule has 0 radical (unpaired) electrons. The standard InChI is InChI=1S/C25H33N5O2/c1-18-3-8-21(23(13-18)32-17-20-4-5-20)15-29-25(26-2)28-14-19-6-9-22(10-7-19)30-12-11-27-24(31)16-30/h3,6-10,13,20H,4-5,11-12,14-17H2,1-2H3,(H,27,31)(H2,26,28,29). The summed E-state index contributed by atoms with van der Waals surface area (Å²) in [6.45, 7) is 6.16. The lowest BCUT2D eigenvalue weighted by atomic mass is 10.1. The molecule has 7 heteroatoms. The van der Waals surface area contributed by atoms with Gasteiger partial charge in [0.15, 0.2) is 5.96 Å². The zero-order valence-corrected chi connectivity index (χ0v) is 19.0. The molecule has 1 heterocycles. The molecule has 1 amide bonds. The maximum Gasteiger partial charge on any atom is 0.239 e. The number of piperazine rings is 1. The molecule has 0 bridgehead atoms. The lowest BCUT2D eigenvalue weighted by Gasteiger charge is -2.28. The van der Waals surface area contributed by atoms with Crippen LogP contribution < -0.4 is 25.6 Å². The third kappa shape index (κ3) is 6.15. The van der Waals surface area contributed by atoms with Crippen molar-refractivity contribution in [2.45, 2.75) is 32.9 Å². The normalized spacial score (nSPS) is 16.5. The number of guanidine groups is 1. The fourth-order valence-corrected chi connectivity index (χ4v) is 3.70. The first kappa shape index (κ1) is 22.0. The summed E-state index contributed by atoms with van der Waals surface area (Å²) >= 11 is 0. The summed E-state index contributed by atoms with van der Waals surface area (Å²) in [4.78, 5) is 18.1. The highest BCUT2D eigenvalue weighted by molar-refractivity contribution is 5.82. The Morgan fingerprint density at radius 3 is 2.66 bits per heavy atom. The fraction of sp³-hybridized carbons (Fsp3) is 0.440. The summed E-state index contributed by atoms with van der Waals surface area (Å²) in [7, 11) is 1.78. The van der Waals surface area contributed by atoms with Gasteiger partial charge < -0.3 is 25.6 Å². The van der Waals surface area contributed by atoms with Crippen molar-refractivity contribution in [1.29, 1.82) is 0 Å². The molecule has 1 aliphatic carbocycles. The molecule has 2 aromatic carbocycles. The van der Waals surface area contributed by atoms with Gasteiger partial charge in [0.2, 0.25) is 5.91 Å². The van der Waals surface area contributed by atoms with Crippen molar-refractivity contribution >= 4 is 17.6 Å². The molecule has 2 fully saturated rings. The van der Waals surface area contributed by atoms with E-state index in [1.165, 1.54) is 18.4 Å². The highest BCUT2D eigenvalue weighted by Gasteiger charge is 2.22. The fourth-order valence-electron chi connectivity index (χ4n) is 3.70. The van der Waals surface area contributed by atoms with Gasteiger partial charge in [0.1, 0.15) is 5.75 Å². The monoisotopic (exact) mass is 435 g/mol. The van der Waals surface area contributed by atoms with Crippen molar-refractivity contribution in [3.8, 4) is 5.75 Å². The van der Waals surface area contributed by atoms with Crippen LogP contribution in [0.15, 0.2) is 47.5 Å². The predicted octanol–water partition coefficient (Wildman–Crippen LogP) is 2.59. The van der Waals surface area contributed by atoms with Gasteiger partial charge in [0, 0.05) is 44.5 Å². The molecule has 0 atom stereocenters. The molecule has 170 valence electrons. The number of rotatable bonds is 8. The summed E-state index contributed by atoms with van der Waals surface area (Å²) in [6, 6.07) is 14.7. The minimum atomic E-state index is 0.0755. The van der Waals surface area contributed by atoms with Crippen LogP contribution in [0.5, 0.6) is 5.75 Å². The molecule has 1 aliphatic heterocycles. The average molecular weight is 436 g/mol. The number of nitrogens with zero attached hydrogens (tertiary/aromatic N) is 2. The topological polar surface area (TPSA) is 78.0 Å². The van der Waals surface area contributed by atoms with Gasteiger partial charge >= 0.3 is 0 Å². The first-order valence-corrected chi connectivity index (χ1v) is 11.4. The van der Waals surface area contributed by atoms with Crippen LogP contribution >= 0.6 is 0 Å². The van der Waals surface area contributed by atoms with Crippen LogP contribution in [0.25, 0.3) is 0 Å². The van der Waals surface area contributed by atoms with E-state index in [2.05, 4.69) is 75.2 Å². The Hall–Kier alpha value is -3.22. The summed E-state index contributed by atoms with van der Waals surface area (Å²) < 4.78 is 6.08. The molecule has 4 rings (SSSR count). The highest BCUT2D eigenvalue weighted by atomic mass is 16.5. The van der Waals surface area contributed by atoms with Gasteiger partial charge in [-0.25, -0.2) is 0 Å². The number of aryl methyl sites for hydroxylation is 1. The Balaban J connectivity index is 1.28. The van der Waals surface area contributed by atoms with E-state index in [0.717, 1.165) is 47.6 Å². The molecule has 0 unspecified atom stereocenters. The lowest BCUT2D eigenvalue weighted by Crippen LogP contribution is -2.47. The quantitative estimate of drug-likeness (QED) is 0.439. The van der Waals surface area contributed by atoms with E-state index < -0.39 is 0 Å². The van der Waals surface area contributed by atoms with Crippen molar-refractivity contribution in [2.75, 3.05) is 38.2 Å². The maximum atomic E-state index is 11.6. The van der Waals surface area contributed by atoms with Gasteiger partial charge in [0.05, 0.1) is 13.2 Å². The van der Waals surface area contributed by atoms with E-state index in [1.807, 2.05) is 0 Å². The van der Waals surface area contributed by atoms with Crippen LogP contribution in [-0.4, -0.2) is 45.2 Å². The predicted molar refractivity (Wildman–Crippen MR) is 128 cm³/mol. The Morgan fingerprint density at radius 2 is 1.94 bits per heavy atom. The number of aliphatic imine (C=N–C) groups is 1. The van der Waals surface area contributed by atoms with Crippen molar-refractivity contribution in [3.05, 3.63) is 59.2 Å². The molecule has 3 N–H and O–H groups in total. The molecule has 7 nitrogen and oxygen atoms in total. The van der Waals surface area contributed by atoms with Gasteiger partial charge in [-0.05, 0) is 55.0 Å². The van der Waals surface area contributed by atoms with Crippen LogP contribution in [0.4, 0.5) is 5.69 Å². The van der Waals surface area contributed by atoms with Gasteiger partial charge in [-0.1, -0.05) is 24.3 Å². The molecular weight excluding hydrogens is 402 g/mol. The second-order valence-corrected chi connectivity index (χ2v) is 8.58. The van der Waals surface area contributed by atoms with Crippen molar-refractivity contribution in [2.24, 2.45) is 10.9 Å². The molecule has 32 heavy (non-hydrogen) atoms. The van der Waals surface area contributed by atoms with Gasteiger partial charge in [0.25, 0.3) is 0 Å². The minimum absolute atomic E-state index is 0.0755. The van der Waals surface area contributed by atoms with Crippen LogP contribution in [0.2, 0.25) is 0 Å². The number of ether oxygens (including phenoxy) is 1. The van der Waals surface area contributed by atoms with E-state index in [1.54, 1.807) is 7.05 Å². The second-order valence-electron chi connectivity index (χ2n) is 8.58. The third-order valence-electron chi connectivity index (χ3n) is 5.86. The highest BCUT2D eigenvalue weighted by Crippen LogP contribution is 2.30. The van der Waals surface area contributed by atoms with Crippen molar-refractivity contribution in [1.82, 2.24) is 16.0 Å². The zero-order chi connectivity index (χ0) is 22.3. The second kappa shape index (κ2) is 10.4. The molecule has 1 saturated heterocycles. The molecular formula is C25H33N5O2. The largest absolute Gasteiger partial charge is 0.493 e. The van der Waals surface area contributed by atoms with Crippen LogP contribution in [0.1, 0.15) is 29.5 Å². The Kier molecular flexibility index (Phi) is 7.14. The molecule has 0 aromatic heterocycles. The number of hydrogen-bond donors (Lipinski definition) is 3. The number of amides is 1. The minimum Gasteiger partial charge on any atom is -0.493 e. The van der Waals surface area contributed by atoms with Gasteiger partial charge in [-0.2, -0.15) is 0 Å². The summed E-state index contributed by atoms with van der Waals surface area (Å²) in [5.74, 6) is 2.51. The molecule has 2 aromatic rings. The first-order valence-electron chi connectivity index (χ1n) is 11.4. The van der Waals surface area contributed by atoms with E-state index in [-0.39, 0.29) is 5.91 Å². The van der Waals surface area contributed by atoms with Crippen molar-refractivity contribution in [3.63, 3.8) is 0 Å². The summed E-state index contributed by atoms with van der Waals surface area (Å²) in [5.41, 5.74) is 4.57. The molecule has 2 aliphatic rings. The Morgan fingerprint density at radius 1 is 1.16 bits per heavy atom. The number of benzene rings is 2. The average Bonchev–Trinajstić information content (AvgIpc) is 3.64. The van der Waals surface area contributed by atoms with Gasteiger partial charge in [-0.3, -0.25) is 9.79 Å². The number of hydrogen-bond acceptors (Lipinski definition) is 4. The van der Waals surface area contributed by atoms with Crippen molar-refractivity contribution < 1.29 is 9.53 Å². The third-order valence-corrected chi connectivity index (χ3v) is 5.86. The van der Waals surface area contributed by atoms with E-state index in [9.17, 15) is 4.79 Å². The summed E-state index contributed by atoms with van der Waals surface area (Å²) in [6.07, 6.45) is 2.56. The maximum absolute atomic E-state index is 11.6. The first-order chi connectivity index (χ1) is 15.6. The number of carbonyl (C=O) groups excluding carboxylic acids is 1. The Labute approximate surface area is 190 Å². The van der Waals surface area contributed by atoms with E-state index in [0.29, 0.717) is 26.2 Å². The molecule has 0 spiro atoms. The number of anilines is 1. The smallest absolute Gasteiger partial charge is 0.239 e. The van der Waals surface area contributed by atoms with Gasteiger partial charge in [-0.15, -0.1) is 0 Å². The molecule has 1 saturated carbocycles. The number of nitrogens with one attached hydrogen (secondary N) is 3.